The molecule has 0 saturated heterocycles. The minimum absolute atomic E-state index is 0.143. The van der Waals surface area contributed by atoms with E-state index in [-0.39, 0.29) is 6.54 Å². The summed E-state index contributed by atoms with van der Waals surface area (Å²) in [6.45, 7) is 0.639. The molecule has 0 bridgehead atoms. The second-order valence-corrected chi connectivity index (χ2v) is 4.73. The first-order valence-corrected chi connectivity index (χ1v) is 6.97. The average Bonchev–Trinajstić information content (AvgIpc) is 2.49. The lowest BCUT2D eigenvalue weighted by atomic mass is 9.97. The van der Waals surface area contributed by atoms with Crippen LogP contribution in [0.2, 0.25) is 0 Å². The van der Waals surface area contributed by atoms with Gasteiger partial charge in [0.05, 0.1) is 6.54 Å². The number of hydrogen-bond acceptors (Lipinski definition) is 4. The van der Waals surface area contributed by atoms with Gasteiger partial charge in [-0.05, 0) is 32.1 Å². The third-order valence-electron chi connectivity index (χ3n) is 3.28. The molecule has 2 N–H and O–H groups in total. The number of rotatable bonds is 7. The fourth-order valence-electron chi connectivity index (χ4n) is 2.07. The number of methoxy groups -OCH3 is 2. The van der Waals surface area contributed by atoms with Crippen molar-refractivity contribution < 1.29 is 19.1 Å². The fourth-order valence-corrected chi connectivity index (χ4v) is 2.07. The zero-order valence-electron chi connectivity index (χ0n) is 12.2. The molecular formula is C14H24N2O4. The standard InChI is InChI=1S/C14H24N2O4/c1-19-12(20-2)10-16-14(18)13(17)15-9-8-11-6-4-3-5-7-11/h6,12H,3-5,7-10H2,1-2H3,(H,15,17)(H,16,18). The first-order valence-electron chi connectivity index (χ1n) is 6.97. The van der Waals surface area contributed by atoms with Gasteiger partial charge in [0.25, 0.3) is 0 Å². The van der Waals surface area contributed by atoms with Crippen LogP contribution < -0.4 is 10.6 Å². The molecule has 0 aromatic carbocycles. The number of nitrogens with one attached hydrogen (secondary N) is 2. The van der Waals surface area contributed by atoms with E-state index >= 15 is 0 Å². The Bertz CT molecular complexity index is 351. The van der Waals surface area contributed by atoms with Gasteiger partial charge in [-0.25, -0.2) is 0 Å². The van der Waals surface area contributed by atoms with E-state index in [2.05, 4.69) is 16.7 Å². The Morgan fingerprint density at radius 2 is 1.90 bits per heavy atom. The normalized spacial score (nSPS) is 14.8. The van der Waals surface area contributed by atoms with Crippen LogP contribution >= 0.6 is 0 Å². The van der Waals surface area contributed by atoms with Gasteiger partial charge in [0, 0.05) is 20.8 Å². The molecule has 2 amide bonds. The summed E-state index contributed by atoms with van der Waals surface area (Å²) in [5.41, 5.74) is 1.37. The summed E-state index contributed by atoms with van der Waals surface area (Å²) in [6, 6.07) is 0. The SMILES string of the molecule is COC(CNC(=O)C(=O)NCCC1=CCCCC1)OC. The number of allylic oxidation sites excluding steroid dienone is 1. The van der Waals surface area contributed by atoms with Crippen molar-refractivity contribution in [2.75, 3.05) is 27.3 Å². The molecule has 0 unspecified atom stereocenters. The van der Waals surface area contributed by atoms with Gasteiger partial charge in [-0.3, -0.25) is 9.59 Å². The summed E-state index contributed by atoms with van der Waals surface area (Å²) >= 11 is 0. The molecule has 6 heteroatoms. The molecular weight excluding hydrogens is 260 g/mol. The molecule has 0 heterocycles. The molecule has 0 saturated carbocycles. The summed E-state index contributed by atoms with van der Waals surface area (Å²) < 4.78 is 9.83. The van der Waals surface area contributed by atoms with Gasteiger partial charge in [-0.1, -0.05) is 11.6 Å². The van der Waals surface area contributed by atoms with E-state index in [0.717, 1.165) is 19.3 Å². The van der Waals surface area contributed by atoms with Crippen LogP contribution in [0.4, 0.5) is 0 Å². The Hall–Kier alpha value is -1.40. The van der Waals surface area contributed by atoms with E-state index in [9.17, 15) is 9.59 Å². The van der Waals surface area contributed by atoms with Crippen molar-refractivity contribution in [3.63, 3.8) is 0 Å². The van der Waals surface area contributed by atoms with Gasteiger partial charge >= 0.3 is 11.8 Å². The molecule has 20 heavy (non-hydrogen) atoms. The molecule has 1 aliphatic rings. The molecule has 1 rings (SSSR count). The molecule has 0 fully saturated rings. The Balaban J connectivity index is 2.17. The minimum Gasteiger partial charge on any atom is -0.354 e. The van der Waals surface area contributed by atoms with Crippen molar-refractivity contribution in [2.24, 2.45) is 0 Å². The van der Waals surface area contributed by atoms with Crippen LogP contribution in [-0.2, 0) is 19.1 Å². The number of carbonyl (C=O) groups is 2. The third kappa shape index (κ3) is 6.16. The summed E-state index contributed by atoms with van der Waals surface area (Å²) in [7, 11) is 2.94. The number of hydrogen-bond donors (Lipinski definition) is 2. The molecule has 0 atom stereocenters. The summed E-state index contributed by atoms with van der Waals surface area (Å²) in [5, 5.41) is 5.07. The van der Waals surface area contributed by atoms with Gasteiger partial charge in [0.15, 0.2) is 6.29 Å². The van der Waals surface area contributed by atoms with Gasteiger partial charge in [0.2, 0.25) is 0 Å². The van der Waals surface area contributed by atoms with Crippen molar-refractivity contribution in [1.82, 2.24) is 10.6 Å². The highest BCUT2D eigenvalue weighted by Crippen LogP contribution is 2.19. The van der Waals surface area contributed by atoms with Crippen LogP contribution in [-0.4, -0.2) is 45.4 Å². The van der Waals surface area contributed by atoms with E-state index in [1.165, 1.54) is 32.6 Å². The quantitative estimate of drug-likeness (QED) is 0.410. The topological polar surface area (TPSA) is 76.7 Å². The third-order valence-corrected chi connectivity index (χ3v) is 3.28. The summed E-state index contributed by atoms with van der Waals surface area (Å²) in [5.74, 6) is -1.28. The molecule has 1 aliphatic carbocycles. The Morgan fingerprint density at radius 3 is 2.50 bits per heavy atom. The minimum atomic E-state index is -0.665. The molecule has 6 nitrogen and oxygen atoms in total. The highest BCUT2D eigenvalue weighted by molar-refractivity contribution is 6.35. The predicted octanol–water partition coefficient (Wildman–Crippen LogP) is 0.728. The number of carbonyl (C=O) groups excluding carboxylic acids is 2. The van der Waals surface area contributed by atoms with Crippen LogP contribution in [0.1, 0.15) is 32.1 Å². The maximum atomic E-state index is 11.5. The molecule has 114 valence electrons. The molecule has 0 aromatic rings. The van der Waals surface area contributed by atoms with Gasteiger partial charge < -0.3 is 20.1 Å². The largest absolute Gasteiger partial charge is 0.354 e. The highest BCUT2D eigenvalue weighted by atomic mass is 16.7. The van der Waals surface area contributed by atoms with E-state index in [4.69, 9.17) is 9.47 Å². The van der Waals surface area contributed by atoms with Crippen LogP contribution in [0.15, 0.2) is 11.6 Å². The molecule has 0 aliphatic heterocycles. The maximum absolute atomic E-state index is 11.5. The Kier molecular flexibility index (Phi) is 7.91. The first kappa shape index (κ1) is 16.7. The van der Waals surface area contributed by atoms with Gasteiger partial charge in [-0.15, -0.1) is 0 Å². The molecule has 0 spiro atoms. The molecule has 0 aromatic heterocycles. The van der Waals surface area contributed by atoms with Gasteiger partial charge in [-0.2, -0.15) is 0 Å². The first-order chi connectivity index (χ1) is 9.67. The summed E-state index contributed by atoms with van der Waals surface area (Å²) in [6.07, 6.45) is 7.20. The van der Waals surface area contributed by atoms with Crippen LogP contribution in [0.25, 0.3) is 0 Å². The monoisotopic (exact) mass is 284 g/mol. The number of ether oxygens (including phenoxy) is 2. The van der Waals surface area contributed by atoms with E-state index < -0.39 is 18.1 Å². The van der Waals surface area contributed by atoms with E-state index in [1.807, 2.05) is 0 Å². The van der Waals surface area contributed by atoms with Crippen LogP contribution in [0.3, 0.4) is 0 Å². The van der Waals surface area contributed by atoms with Crippen LogP contribution in [0, 0.1) is 0 Å². The fraction of sp³-hybridized carbons (Fsp3) is 0.714. The van der Waals surface area contributed by atoms with E-state index in [0.29, 0.717) is 6.54 Å². The second-order valence-electron chi connectivity index (χ2n) is 4.73. The average molecular weight is 284 g/mol. The Labute approximate surface area is 119 Å². The van der Waals surface area contributed by atoms with Gasteiger partial charge in [0.1, 0.15) is 0 Å². The zero-order valence-corrected chi connectivity index (χ0v) is 12.2. The summed E-state index contributed by atoms with van der Waals surface area (Å²) in [4.78, 5) is 23.1. The predicted molar refractivity (Wildman–Crippen MR) is 75.0 cm³/mol. The lowest BCUT2D eigenvalue weighted by Crippen LogP contribution is -2.43. The van der Waals surface area contributed by atoms with Crippen molar-refractivity contribution >= 4 is 11.8 Å². The highest BCUT2D eigenvalue weighted by Gasteiger charge is 2.15. The smallest absolute Gasteiger partial charge is 0.309 e. The van der Waals surface area contributed by atoms with Crippen molar-refractivity contribution in [3.8, 4) is 0 Å². The van der Waals surface area contributed by atoms with Crippen molar-refractivity contribution in [3.05, 3.63) is 11.6 Å². The second kappa shape index (κ2) is 9.50. The lowest BCUT2D eigenvalue weighted by Gasteiger charge is -2.14. The molecule has 0 radical (unpaired) electrons. The van der Waals surface area contributed by atoms with Crippen LogP contribution in [0.5, 0.6) is 0 Å². The zero-order chi connectivity index (χ0) is 14.8. The van der Waals surface area contributed by atoms with Crippen molar-refractivity contribution in [2.45, 2.75) is 38.4 Å². The van der Waals surface area contributed by atoms with Crippen molar-refractivity contribution in [1.29, 1.82) is 0 Å². The number of amides is 2. The van der Waals surface area contributed by atoms with E-state index in [1.54, 1.807) is 0 Å². The lowest BCUT2D eigenvalue weighted by molar-refractivity contribution is -0.141. The maximum Gasteiger partial charge on any atom is 0.309 e. The Morgan fingerprint density at radius 1 is 1.20 bits per heavy atom.